The Morgan fingerprint density at radius 3 is 2.37 bits per heavy atom. The molecule has 0 bridgehead atoms. The lowest BCUT2D eigenvalue weighted by Crippen LogP contribution is -2.09. The van der Waals surface area contributed by atoms with Crippen LogP contribution in [0.1, 0.15) is 23.1 Å². The first-order valence-corrected chi connectivity index (χ1v) is 12.5. The van der Waals surface area contributed by atoms with Gasteiger partial charge in [-0.3, -0.25) is 24.9 Å². The van der Waals surface area contributed by atoms with E-state index in [0.717, 1.165) is 5.39 Å². The van der Waals surface area contributed by atoms with Crippen molar-refractivity contribution in [2.75, 3.05) is 20.8 Å². The Morgan fingerprint density at radius 2 is 1.71 bits per heavy atom. The Labute approximate surface area is 234 Å². The average molecular weight is 556 g/mol. The summed E-state index contributed by atoms with van der Waals surface area (Å²) in [6.07, 6.45) is 4.73. The molecule has 41 heavy (non-hydrogen) atoms. The minimum atomic E-state index is -0.482. The SMILES string of the molecule is CCOc1cn(-c2ccc([N+](=O)[O-])cc2)nc1C(=O)Cc1ccc(Oc2ccnc3cc(OC)c(OC)cc23)cn1. The number of Topliss-reactive ketones (excluding diaryl/α,β-unsaturated/α-hetero) is 1. The second kappa shape index (κ2) is 11.7. The summed E-state index contributed by atoms with van der Waals surface area (Å²) in [4.78, 5) is 32.4. The molecule has 0 amide bonds. The van der Waals surface area contributed by atoms with Crippen molar-refractivity contribution >= 4 is 22.4 Å². The lowest BCUT2D eigenvalue weighted by atomic mass is 10.1. The normalized spacial score (nSPS) is 10.8. The smallest absolute Gasteiger partial charge is 0.269 e. The van der Waals surface area contributed by atoms with Gasteiger partial charge in [0.15, 0.2) is 28.7 Å². The number of nitro groups is 1. The topological polar surface area (TPSA) is 141 Å². The second-order valence-electron chi connectivity index (χ2n) is 8.71. The number of hydrogen-bond donors (Lipinski definition) is 0. The third-order valence-corrected chi connectivity index (χ3v) is 6.14. The highest BCUT2D eigenvalue weighted by Crippen LogP contribution is 2.36. The first-order valence-electron chi connectivity index (χ1n) is 12.5. The summed E-state index contributed by atoms with van der Waals surface area (Å²) in [7, 11) is 3.12. The van der Waals surface area contributed by atoms with E-state index in [1.165, 1.54) is 23.0 Å². The summed E-state index contributed by atoms with van der Waals surface area (Å²) in [5, 5.41) is 16.1. The van der Waals surface area contributed by atoms with Crippen LogP contribution in [0.25, 0.3) is 16.6 Å². The fraction of sp³-hybridized carbons (Fsp3) is 0.172. The number of ether oxygens (including phenoxy) is 4. The van der Waals surface area contributed by atoms with Gasteiger partial charge in [0.25, 0.3) is 5.69 Å². The maximum absolute atomic E-state index is 13.2. The van der Waals surface area contributed by atoms with E-state index in [9.17, 15) is 14.9 Å². The molecule has 208 valence electrons. The molecular weight excluding hydrogens is 530 g/mol. The van der Waals surface area contributed by atoms with Gasteiger partial charge in [0.05, 0.1) is 55.8 Å². The lowest BCUT2D eigenvalue weighted by Gasteiger charge is -2.12. The molecule has 0 aliphatic carbocycles. The van der Waals surface area contributed by atoms with E-state index in [0.29, 0.717) is 52.3 Å². The van der Waals surface area contributed by atoms with Crippen molar-refractivity contribution in [2.24, 2.45) is 0 Å². The van der Waals surface area contributed by atoms with Gasteiger partial charge in [0.2, 0.25) is 0 Å². The van der Waals surface area contributed by atoms with Gasteiger partial charge in [-0.25, -0.2) is 4.68 Å². The molecule has 5 rings (SSSR count). The van der Waals surface area contributed by atoms with Crippen LogP contribution in [0.5, 0.6) is 28.7 Å². The molecule has 0 spiro atoms. The van der Waals surface area contributed by atoms with E-state index in [1.807, 2.05) is 0 Å². The number of benzene rings is 2. The first-order chi connectivity index (χ1) is 19.9. The molecule has 0 atom stereocenters. The Hall–Kier alpha value is -5.52. The van der Waals surface area contributed by atoms with Crippen molar-refractivity contribution in [3.8, 4) is 34.4 Å². The maximum Gasteiger partial charge on any atom is 0.269 e. The number of nitrogens with zero attached hydrogens (tertiary/aromatic N) is 5. The number of carbonyl (C=O) groups excluding carboxylic acids is 1. The average Bonchev–Trinajstić information content (AvgIpc) is 3.42. The zero-order valence-electron chi connectivity index (χ0n) is 22.4. The molecule has 12 nitrogen and oxygen atoms in total. The highest BCUT2D eigenvalue weighted by atomic mass is 16.6. The van der Waals surface area contributed by atoms with Gasteiger partial charge in [0, 0.05) is 35.5 Å². The summed E-state index contributed by atoms with van der Waals surface area (Å²) in [5.41, 5.74) is 1.84. The molecule has 0 saturated heterocycles. The third kappa shape index (κ3) is 5.76. The highest BCUT2D eigenvalue weighted by Gasteiger charge is 2.20. The van der Waals surface area contributed by atoms with Crippen molar-refractivity contribution < 1.29 is 28.7 Å². The largest absolute Gasteiger partial charge is 0.493 e. The summed E-state index contributed by atoms with van der Waals surface area (Å²) in [6, 6.07) is 14.6. The Morgan fingerprint density at radius 1 is 0.951 bits per heavy atom. The Balaban J connectivity index is 1.33. The number of carbonyl (C=O) groups is 1. The van der Waals surface area contributed by atoms with Crippen molar-refractivity contribution in [2.45, 2.75) is 13.3 Å². The molecule has 0 aliphatic heterocycles. The minimum Gasteiger partial charge on any atom is -0.493 e. The molecule has 0 N–H and O–H groups in total. The summed E-state index contributed by atoms with van der Waals surface area (Å²) in [6.45, 7) is 2.13. The Kier molecular flexibility index (Phi) is 7.72. The van der Waals surface area contributed by atoms with E-state index in [-0.39, 0.29) is 23.6 Å². The van der Waals surface area contributed by atoms with Gasteiger partial charge in [-0.15, -0.1) is 0 Å². The first kappa shape index (κ1) is 27.1. The van der Waals surface area contributed by atoms with Crippen molar-refractivity contribution in [1.29, 1.82) is 0 Å². The molecule has 0 saturated carbocycles. The van der Waals surface area contributed by atoms with Crippen LogP contribution in [-0.2, 0) is 6.42 Å². The van der Waals surface area contributed by atoms with E-state index in [4.69, 9.17) is 18.9 Å². The lowest BCUT2D eigenvalue weighted by molar-refractivity contribution is -0.384. The van der Waals surface area contributed by atoms with Crippen LogP contribution in [0.2, 0.25) is 0 Å². The molecule has 5 aromatic rings. The Bertz CT molecular complexity index is 1720. The van der Waals surface area contributed by atoms with E-state index >= 15 is 0 Å². The fourth-order valence-corrected chi connectivity index (χ4v) is 4.16. The van der Waals surface area contributed by atoms with Crippen LogP contribution in [-0.4, -0.2) is 51.3 Å². The van der Waals surface area contributed by atoms with E-state index in [1.54, 1.807) is 76.0 Å². The van der Waals surface area contributed by atoms with Gasteiger partial charge in [0.1, 0.15) is 11.5 Å². The van der Waals surface area contributed by atoms with Crippen LogP contribution < -0.4 is 18.9 Å². The van der Waals surface area contributed by atoms with Crippen molar-refractivity contribution in [3.05, 3.63) is 94.7 Å². The van der Waals surface area contributed by atoms with Crippen molar-refractivity contribution in [3.63, 3.8) is 0 Å². The highest BCUT2D eigenvalue weighted by molar-refractivity contribution is 5.98. The number of non-ortho nitro benzene ring substituents is 1. The number of rotatable bonds is 11. The summed E-state index contributed by atoms with van der Waals surface area (Å²) >= 11 is 0. The number of methoxy groups -OCH3 is 2. The van der Waals surface area contributed by atoms with Gasteiger partial charge in [-0.1, -0.05) is 0 Å². The minimum absolute atomic E-state index is 0.0210. The molecule has 3 aromatic heterocycles. The van der Waals surface area contributed by atoms with Gasteiger partial charge >= 0.3 is 0 Å². The molecular formula is C29H25N5O7. The molecule has 3 heterocycles. The number of hydrogen-bond acceptors (Lipinski definition) is 10. The predicted molar refractivity (Wildman–Crippen MR) is 149 cm³/mol. The van der Waals surface area contributed by atoms with Crippen LogP contribution in [0, 0.1) is 10.1 Å². The van der Waals surface area contributed by atoms with Crippen LogP contribution in [0.3, 0.4) is 0 Å². The predicted octanol–water partition coefficient (Wildman–Crippen LogP) is 5.36. The monoisotopic (exact) mass is 555 g/mol. The van der Waals surface area contributed by atoms with Crippen LogP contribution >= 0.6 is 0 Å². The van der Waals surface area contributed by atoms with Crippen LogP contribution in [0.15, 0.2) is 73.2 Å². The van der Waals surface area contributed by atoms with Crippen molar-refractivity contribution in [1.82, 2.24) is 19.7 Å². The third-order valence-electron chi connectivity index (χ3n) is 6.14. The summed E-state index contributed by atoms with van der Waals surface area (Å²) < 4.78 is 23.9. The molecule has 0 radical (unpaired) electrons. The quantitative estimate of drug-likeness (QED) is 0.119. The van der Waals surface area contributed by atoms with Crippen LogP contribution in [0.4, 0.5) is 5.69 Å². The number of aromatic nitrogens is 4. The zero-order chi connectivity index (χ0) is 28.9. The fourth-order valence-electron chi connectivity index (χ4n) is 4.16. The molecule has 0 fully saturated rings. The summed E-state index contributed by atoms with van der Waals surface area (Å²) in [5.74, 6) is 2.15. The molecule has 0 unspecified atom stereocenters. The second-order valence-corrected chi connectivity index (χ2v) is 8.71. The van der Waals surface area contributed by atoms with Gasteiger partial charge < -0.3 is 18.9 Å². The van der Waals surface area contributed by atoms with E-state index in [2.05, 4.69) is 15.1 Å². The zero-order valence-corrected chi connectivity index (χ0v) is 22.4. The standard InChI is InChI=1S/C29H25N5O7/c1-4-40-28-17-33(19-6-8-20(9-7-19)34(36)37)32-29(28)24(35)13-18-5-10-21(16-31-18)41-25-11-12-30-23-15-27(39-3)26(38-2)14-22(23)25/h5-12,14-17H,4,13H2,1-3H3. The van der Waals surface area contributed by atoms with Gasteiger partial charge in [-0.05, 0) is 43.3 Å². The molecule has 0 aliphatic rings. The number of fused-ring (bicyclic) bond motifs is 1. The van der Waals surface area contributed by atoms with E-state index < -0.39 is 4.92 Å². The number of nitro benzene ring substituents is 1. The number of ketones is 1. The molecule has 2 aromatic carbocycles. The number of pyridine rings is 2. The van der Waals surface area contributed by atoms with Gasteiger partial charge in [-0.2, -0.15) is 5.10 Å². The molecule has 12 heteroatoms. The maximum atomic E-state index is 13.2.